The van der Waals surface area contributed by atoms with Gasteiger partial charge in [-0.1, -0.05) is 17.7 Å². The Morgan fingerprint density at radius 3 is 2.77 bits per heavy atom. The number of thiophene rings is 1. The van der Waals surface area contributed by atoms with Crippen LogP contribution >= 0.6 is 22.9 Å². The summed E-state index contributed by atoms with van der Waals surface area (Å²) >= 11 is 7.69. The SMILES string of the molecule is O=C(NC[C@@H](c1cccs1)N1CCOCC1)c1ccc([N+](=O)[O-])cc1Cl. The molecule has 0 saturated carbocycles. The number of non-ortho nitro benzene ring substituents is 1. The third-order valence-electron chi connectivity index (χ3n) is 4.22. The van der Waals surface area contributed by atoms with Crippen LogP contribution in [-0.4, -0.2) is 48.6 Å². The standard InChI is InChI=1S/C17H18ClN3O4S/c18-14-10-12(21(23)24)3-4-13(14)17(22)19-11-15(16-2-1-9-26-16)20-5-7-25-8-6-20/h1-4,9-10,15H,5-8,11H2,(H,19,22)/t15-/m0/s1. The van der Waals surface area contributed by atoms with Crippen molar-refractivity contribution in [2.24, 2.45) is 0 Å². The average Bonchev–Trinajstić information content (AvgIpc) is 3.17. The van der Waals surface area contributed by atoms with Crippen molar-refractivity contribution in [1.29, 1.82) is 0 Å². The van der Waals surface area contributed by atoms with Gasteiger partial charge >= 0.3 is 0 Å². The lowest BCUT2D eigenvalue weighted by Gasteiger charge is -2.34. The highest BCUT2D eigenvalue weighted by Crippen LogP contribution is 2.26. The molecule has 1 amide bonds. The van der Waals surface area contributed by atoms with E-state index < -0.39 is 4.92 Å². The van der Waals surface area contributed by atoms with Gasteiger partial charge < -0.3 is 10.1 Å². The molecule has 0 bridgehead atoms. The van der Waals surface area contributed by atoms with E-state index >= 15 is 0 Å². The molecule has 2 aromatic rings. The van der Waals surface area contributed by atoms with E-state index in [9.17, 15) is 14.9 Å². The van der Waals surface area contributed by atoms with Gasteiger partial charge in [0.25, 0.3) is 11.6 Å². The molecule has 0 spiro atoms. The fourth-order valence-corrected chi connectivity index (χ4v) is 3.99. The highest BCUT2D eigenvalue weighted by atomic mass is 35.5. The van der Waals surface area contributed by atoms with E-state index in [1.54, 1.807) is 11.3 Å². The van der Waals surface area contributed by atoms with E-state index in [0.717, 1.165) is 13.1 Å². The molecule has 1 aromatic heterocycles. The molecule has 1 aromatic carbocycles. The van der Waals surface area contributed by atoms with E-state index in [4.69, 9.17) is 16.3 Å². The van der Waals surface area contributed by atoms with Crippen molar-refractivity contribution in [2.45, 2.75) is 6.04 Å². The number of nitro groups is 1. The predicted octanol–water partition coefficient (Wildman–Crippen LogP) is 3.11. The predicted molar refractivity (Wildman–Crippen MR) is 99.9 cm³/mol. The normalized spacial score (nSPS) is 16.2. The zero-order valence-corrected chi connectivity index (χ0v) is 15.5. The maximum Gasteiger partial charge on any atom is 0.270 e. The zero-order chi connectivity index (χ0) is 18.5. The second kappa shape index (κ2) is 8.59. The number of hydrogen-bond acceptors (Lipinski definition) is 6. The number of amides is 1. The van der Waals surface area contributed by atoms with E-state index in [-0.39, 0.29) is 28.2 Å². The van der Waals surface area contributed by atoms with Gasteiger partial charge in [0, 0.05) is 36.6 Å². The van der Waals surface area contributed by atoms with Crippen LogP contribution in [0.25, 0.3) is 0 Å². The highest BCUT2D eigenvalue weighted by molar-refractivity contribution is 7.10. The van der Waals surface area contributed by atoms with Gasteiger partial charge in [-0.25, -0.2) is 0 Å². The summed E-state index contributed by atoms with van der Waals surface area (Å²) in [4.78, 5) is 26.2. The number of morpholine rings is 1. The molecule has 1 fully saturated rings. The summed E-state index contributed by atoms with van der Waals surface area (Å²) in [6.07, 6.45) is 0. The maximum atomic E-state index is 12.5. The molecule has 1 aliphatic rings. The van der Waals surface area contributed by atoms with Crippen LogP contribution in [0.4, 0.5) is 5.69 Å². The molecule has 2 heterocycles. The van der Waals surface area contributed by atoms with Gasteiger partial charge in [0.2, 0.25) is 0 Å². The topological polar surface area (TPSA) is 84.7 Å². The van der Waals surface area contributed by atoms with Gasteiger partial charge in [-0.2, -0.15) is 0 Å². The summed E-state index contributed by atoms with van der Waals surface area (Å²) in [6, 6.07) is 7.94. The number of benzene rings is 1. The molecule has 0 aliphatic carbocycles. The molecule has 0 unspecified atom stereocenters. The molecule has 3 rings (SSSR count). The van der Waals surface area contributed by atoms with Crippen LogP contribution in [0.2, 0.25) is 5.02 Å². The van der Waals surface area contributed by atoms with Crippen molar-refractivity contribution < 1.29 is 14.5 Å². The van der Waals surface area contributed by atoms with Crippen LogP contribution in [-0.2, 0) is 4.74 Å². The fraction of sp³-hybridized carbons (Fsp3) is 0.353. The van der Waals surface area contributed by atoms with Crippen LogP contribution < -0.4 is 5.32 Å². The molecule has 1 atom stereocenters. The summed E-state index contributed by atoms with van der Waals surface area (Å²) in [7, 11) is 0. The van der Waals surface area contributed by atoms with Crippen LogP contribution in [0.15, 0.2) is 35.7 Å². The summed E-state index contributed by atoms with van der Waals surface area (Å²) in [5, 5.41) is 15.8. The number of nitro benzene ring substituents is 1. The molecule has 26 heavy (non-hydrogen) atoms. The van der Waals surface area contributed by atoms with Crippen molar-refractivity contribution in [3.05, 3.63) is 61.3 Å². The largest absolute Gasteiger partial charge is 0.379 e. The third-order valence-corrected chi connectivity index (χ3v) is 5.51. The summed E-state index contributed by atoms with van der Waals surface area (Å²) < 4.78 is 5.41. The summed E-state index contributed by atoms with van der Waals surface area (Å²) in [6.45, 7) is 3.37. The Hall–Kier alpha value is -2.00. The van der Waals surface area contributed by atoms with Gasteiger partial charge in [0.15, 0.2) is 0 Å². The minimum absolute atomic E-state index is 0.0553. The number of halogens is 1. The number of hydrogen-bond donors (Lipinski definition) is 1. The lowest BCUT2D eigenvalue weighted by atomic mass is 10.1. The van der Waals surface area contributed by atoms with Gasteiger partial charge in [0.05, 0.1) is 34.8 Å². The highest BCUT2D eigenvalue weighted by Gasteiger charge is 2.24. The molecule has 1 N–H and O–H groups in total. The van der Waals surface area contributed by atoms with Crippen molar-refractivity contribution in [3.8, 4) is 0 Å². The second-order valence-corrected chi connectivity index (χ2v) is 7.20. The smallest absolute Gasteiger partial charge is 0.270 e. The number of nitrogens with one attached hydrogen (secondary N) is 1. The van der Waals surface area contributed by atoms with E-state index in [2.05, 4.69) is 16.3 Å². The lowest BCUT2D eigenvalue weighted by Crippen LogP contribution is -2.43. The average molecular weight is 396 g/mol. The molecule has 9 heteroatoms. The number of carbonyl (C=O) groups excluding carboxylic acids is 1. The zero-order valence-electron chi connectivity index (χ0n) is 13.9. The Labute approximate surface area is 159 Å². The van der Waals surface area contributed by atoms with Crippen LogP contribution in [0, 0.1) is 10.1 Å². The first-order valence-electron chi connectivity index (χ1n) is 8.13. The Bertz CT molecular complexity index is 778. The van der Waals surface area contributed by atoms with Crippen LogP contribution in [0.1, 0.15) is 21.3 Å². The summed E-state index contributed by atoms with van der Waals surface area (Å²) in [5.41, 5.74) is 0.0838. The van der Waals surface area contributed by atoms with Crippen LogP contribution in [0.3, 0.4) is 0 Å². The molecular formula is C17H18ClN3O4S. The van der Waals surface area contributed by atoms with Gasteiger partial charge in [-0.15, -0.1) is 11.3 Å². The van der Waals surface area contributed by atoms with Crippen molar-refractivity contribution in [3.63, 3.8) is 0 Å². The first kappa shape index (κ1) is 18.8. The summed E-state index contributed by atoms with van der Waals surface area (Å²) in [5.74, 6) is -0.347. The Morgan fingerprint density at radius 1 is 1.38 bits per heavy atom. The van der Waals surface area contributed by atoms with Crippen molar-refractivity contribution in [1.82, 2.24) is 10.2 Å². The lowest BCUT2D eigenvalue weighted by molar-refractivity contribution is -0.384. The number of carbonyl (C=O) groups is 1. The first-order chi connectivity index (χ1) is 12.6. The molecule has 1 aliphatic heterocycles. The quantitative estimate of drug-likeness (QED) is 0.600. The van der Waals surface area contributed by atoms with Crippen molar-refractivity contribution >= 4 is 34.5 Å². The minimum atomic E-state index is -0.543. The van der Waals surface area contributed by atoms with E-state index in [0.29, 0.717) is 19.8 Å². The van der Waals surface area contributed by atoms with Crippen LogP contribution in [0.5, 0.6) is 0 Å². The number of nitrogens with zero attached hydrogens (tertiary/aromatic N) is 2. The van der Waals surface area contributed by atoms with Gasteiger partial charge in [-0.05, 0) is 17.5 Å². The Balaban J connectivity index is 1.70. The van der Waals surface area contributed by atoms with Gasteiger partial charge in [0.1, 0.15) is 0 Å². The number of rotatable bonds is 6. The third kappa shape index (κ3) is 4.39. The van der Waals surface area contributed by atoms with Crippen molar-refractivity contribution in [2.75, 3.05) is 32.8 Å². The molecule has 0 radical (unpaired) electrons. The molecule has 138 valence electrons. The Kier molecular flexibility index (Phi) is 6.20. The van der Waals surface area contributed by atoms with Gasteiger partial charge in [-0.3, -0.25) is 19.8 Å². The van der Waals surface area contributed by atoms with E-state index in [1.807, 2.05) is 11.4 Å². The first-order valence-corrected chi connectivity index (χ1v) is 9.39. The second-order valence-electron chi connectivity index (χ2n) is 5.81. The molecular weight excluding hydrogens is 378 g/mol. The molecule has 1 saturated heterocycles. The fourth-order valence-electron chi connectivity index (χ4n) is 2.87. The Morgan fingerprint density at radius 2 is 2.15 bits per heavy atom. The number of ether oxygens (including phenoxy) is 1. The minimum Gasteiger partial charge on any atom is -0.379 e. The maximum absolute atomic E-state index is 12.5. The monoisotopic (exact) mass is 395 g/mol. The van der Waals surface area contributed by atoms with E-state index in [1.165, 1.54) is 23.1 Å². The molecule has 7 nitrogen and oxygen atoms in total.